The molecule has 0 aliphatic heterocycles. The van der Waals surface area contributed by atoms with Crippen molar-refractivity contribution in [2.24, 2.45) is 0 Å². The van der Waals surface area contributed by atoms with Crippen LogP contribution in [0.2, 0.25) is 0 Å². The molecule has 0 amide bonds. The average Bonchev–Trinajstić information content (AvgIpc) is 2.99. The highest BCUT2D eigenvalue weighted by molar-refractivity contribution is 5.92. The first-order valence-electron chi connectivity index (χ1n) is 10.6. The number of aromatic hydroxyl groups is 1. The van der Waals surface area contributed by atoms with E-state index in [-0.39, 0.29) is 0 Å². The Morgan fingerprint density at radius 1 is 0.793 bits per heavy atom. The summed E-state index contributed by atoms with van der Waals surface area (Å²) in [7, 11) is 0. The molecule has 1 heterocycles. The van der Waals surface area contributed by atoms with Gasteiger partial charge < -0.3 is 9.67 Å². The van der Waals surface area contributed by atoms with Crippen LogP contribution in [-0.4, -0.2) is 9.67 Å². The largest absolute Gasteiger partial charge is 0.508 e. The molecule has 0 bridgehead atoms. The molecule has 0 saturated carbocycles. The number of phenolic OH excluding ortho intramolecular Hbond substituents is 1. The topological polar surface area (TPSA) is 25.2 Å². The van der Waals surface area contributed by atoms with Crippen LogP contribution < -0.4 is 0 Å². The number of benzene rings is 3. The highest BCUT2D eigenvalue weighted by Crippen LogP contribution is 2.40. The van der Waals surface area contributed by atoms with Crippen LogP contribution in [0.15, 0.2) is 54.6 Å². The van der Waals surface area contributed by atoms with E-state index in [1.807, 2.05) is 12.1 Å². The van der Waals surface area contributed by atoms with Gasteiger partial charge in [0.05, 0.1) is 11.4 Å². The van der Waals surface area contributed by atoms with Gasteiger partial charge in [-0.2, -0.15) is 0 Å². The summed E-state index contributed by atoms with van der Waals surface area (Å²) in [5.41, 5.74) is 10.7. The van der Waals surface area contributed by atoms with Crippen molar-refractivity contribution in [2.45, 2.75) is 46.5 Å². The van der Waals surface area contributed by atoms with Crippen LogP contribution in [0.25, 0.3) is 27.7 Å². The monoisotopic (exact) mass is 381 g/mol. The third kappa shape index (κ3) is 2.95. The molecule has 0 spiro atoms. The van der Waals surface area contributed by atoms with Gasteiger partial charge in [-0.1, -0.05) is 35.4 Å². The summed E-state index contributed by atoms with van der Waals surface area (Å²) in [6, 6.07) is 19.0. The van der Waals surface area contributed by atoms with E-state index in [9.17, 15) is 5.11 Å². The van der Waals surface area contributed by atoms with E-state index in [4.69, 9.17) is 0 Å². The summed E-state index contributed by atoms with van der Waals surface area (Å²) in [5.74, 6) is 0.312. The normalized spacial score (nSPS) is 13.6. The molecular formula is C27H27NO. The molecule has 5 rings (SSSR count). The van der Waals surface area contributed by atoms with Crippen LogP contribution in [0.3, 0.4) is 0 Å². The predicted octanol–water partition coefficient (Wildman–Crippen LogP) is 6.81. The Morgan fingerprint density at radius 3 is 2.28 bits per heavy atom. The molecule has 0 radical (unpaired) electrons. The molecular weight excluding hydrogens is 354 g/mol. The zero-order valence-electron chi connectivity index (χ0n) is 17.4. The van der Waals surface area contributed by atoms with Gasteiger partial charge in [0, 0.05) is 11.1 Å². The average molecular weight is 382 g/mol. The van der Waals surface area contributed by atoms with Crippen molar-refractivity contribution in [3.8, 4) is 22.7 Å². The number of aromatic nitrogens is 1. The standard InChI is InChI=1S/C27H27NO/c1-17-13-18(2)15-21(14-17)27-24-9-5-4-8-23(24)19(3)28(27)26-10-6-7-20-11-12-22(29)16-25(20)26/h6-7,10-16,29H,4-5,8-9H2,1-3H3. The second-order valence-corrected chi connectivity index (χ2v) is 8.49. The first-order valence-corrected chi connectivity index (χ1v) is 10.6. The predicted molar refractivity (Wildman–Crippen MR) is 121 cm³/mol. The maximum atomic E-state index is 10.2. The lowest BCUT2D eigenvalue weighted by Crippen LogP contribution is -2.02. The number of rotatable bonds is 2. The smallest absolute Gasteiger partial charge is 0.116 e. The van der Waals surface area contributed by atoms with Crippen molar-refractivity contribution in [2.75, 3.05) is 0 Å². The second-order valence-electron chi connectivity index (χ2n) is 8.49. The molecule has 1 aliphatic carbocycles. The number of aryl methyl sites for hydroxylation is 2. The minimum absolute atomic E-state index is 0.312. The van der Waals surface area contributed by atoms with Crippen LogP contribution in [0.5, 0.6) is 5.75 Å². The second kappa shape index (κ2) is 6.81. The lowest BCUT2D eigenvalue weighted by Gasteiger charge is -2.17. The molecule has 146 valence electrons. The molecule has 1 N–H and O–H groups in total. The molecule has 0 fully saturated rings. The van der Waals surface area contributed by atoms with Gasteiger partial charge in [-0.25, -0.2) is 0 Å². The van der Waals surface area contributed by atoms with Crippen molar-refractivity contribution < 1.29 is 5.11 Å². The van der Waals surface area contributed by atoms with Crippen LogP contribution in [-0.2, 0) is 12.8 Å². The highest BCUT2D eigenvalue weighted by atomic mass is 16.3. The van der Waals surface area contributed by atoms with E-state index in [0.29, 0.717) is 5.75 Å². The SMILES string of the molecule is Cc1cc(C)cc(-c2c3c(c(C)n2-c2cccc4ccc(O)cc24)CCCC3)c1. The van der Waals surface area contributed by atoms with Crippen LogP contribution in [0, 0.1) is 20.8 Å². The van der Waals surface area contributed by atoms with Gasteiger partial charge in [-0.05, 0) is 98.9 Å². The molecule has 4 aromatic rings. The highest BCUT2D eigenvalue weighted by Gasteiger charge is 2.25. The third-order valence-electron chi connectivity index (χ3n) is 6.33. The van der Waals surface area contributed by atoms with Crippen molar-refractivity contribution in [3.63, 3.8) is 0 Å². The number of nitrogens with zero attached hydrogens (tertiary/aromatic N) is 1. The third-order valence-corrected chi connectivity index (χ3v) is 6.33. The van der Waals surface area contributed by atoms with Crippen LogP contribution in [0.1, 0.15) is 40.8 Å². The first kappa shape index (κ1) is 18.1. The van der Waals surface area contributed by atoms with E-state index < -0.39 is 0 Å². The molecule has 2 heteroatoms. The van der Waals surface area contributed by atoms with Crippen molar-refractivity contribution in [3.05, 3.63) is 82.5 Å². The number of phenols is 1. The van der Waals surface area contributed by atoms with Crippen molar-refractivity contribution in [1.29, 1.82) is 0 Å². The molecule has 0 unspecified atom stereocenters. The molecule has 3 aromatic carbocycles. The molecule has 2 nitrogen and oxygen atoms in total. The zero-order chi connectivity index (χ0) is 20.1. The van der Waals surface area contributed by atoms with Gasteiger partial charge in [0.25, 0.3) is 0 Å². The lowest BCUT2D eigenvalue weighted by atomic mass is 9.90. The zero-order valence-corrected chi connectivity index (χ0v) is 17.4. The van der Waals surface area contributed by atoms with E-state index in [1.54, 1.807) is 6.07 Å². The number of hydrogen-bond donors (Lipinski definition) is 1. The Kier molecular flexibility index (Phi) is 4.24. The van der Waals surface area contributed by atoms with Gasteiger partial charge in [-0.15, -0.1) is 0 Å². The number of hydrogen-bond acceptors (Lipinski definition) is 1. The first-order chi connectivity index (χ1) is 14.0. The summed E-state index contributed by atoms with van der Waals surface area (Å²) in [5, 5.41) is 12.4. The van der Waals surface area contributed by atoms with Gasteiger partial charge in [-0.3, -0.25) is 0 Å². The van der Waals surface area contributed by atoms with Crippen molar-refractivity contribution in [1.82, 2.24) is 4.57 Å². The minimum Gasteiger partial charge on any atom is -0.508 e. The van der Waals surface area contributed by atoms with Gasteiger partial charge in [0.2, 0.25) is 0 Å². The maximum Gasteiger partial charge on any atom is 0.116 e. The Bertz CT molecular complexity index is 1230. The minimum atomic E-state index is 0.312. The maximum absolute atomic E-state index is 10.2. The molecule has 0 saturated heterocycles. The molecule has 1 aromatic heterocycles. The molecule has 1 aliphatic rings. The summed E-state index contributed by atoms with van der Waals surface area (Å²) in [4.78, 5) is 0. The fourth-order valence-corrected chi connectivity index (χ4v) is 5.16. The van der Waals surface area contributed by atoms with Crippen molar-refractivity contribution >= 4 is 10.8 Å². The lowest BCUT2D eigenvalue weighted by molar-refractivity contribution is 0.476. The summed E-state index contributed by atoms with van der Waals surface area (Å²) < 4.78 is 2.45. The van der Waals surface area contributed by atoms with E-state index in [1.165, 1.54) is 52.0 Å². The fraction of sp³-hybridized carbons (Fsp3) is 0.259. The van der Waals surface area contributed by atoms with E-state index >= 15 is 0 Å². The molecule has 0 atom stereocenters. The summed E-state index contributed by atoms with van der Waals surface area (Å²) in [6.45, 7) is 6.62. The van der Waals surface area contributed by atoms with E-state index in [0.717, 1.165) is 29.3 Å². The Labute approximate surface area is 172 Å². The molecule has 29 heavy (non-hydrogen) atoms. The van der Waals surface area contributed by atoms with Crippen LogP contribution in [0.4, 0.5) is 0 Å². The quantitative estimate of drug-likeness (QED) is 0.405. The van der Waals surface area contributed by atoms with Gasteiger partial charge >= 0.3 is 0 Å². The fourth-order valence-electron chi connectivity index (χ4n) is 5.16. The Hall–Kier alpha value is -3.00. The van der Waals surface area contributed by atoms with E-state index in [2.05, 4.69) is 61.7 Å². The van der Waals surface area contributed by atoms with Gasteiger partial charge in [0.15, 0.2) is 0 Å². The Morgan fingerprint density at radius 2 is 1.52 bits per heavy atom. The number of fused-ring (bicyclic) bond motifs is 2. The van der Waals surface area contributed by atoms with Crippen LogP contribution >= 0.6 is 0 Å². The summed E-state index contributed by atoms with van der Waals surface area (Å²) >= 11 is 0. The van der Waals surface area contributed by atoms with Gasteiger partial charge in [0.1, 0.15) is 5.75 Å². The Balaban J connectivity index is 1.89. The summed E-state index contributed by atoms with van der Waals surface area (Å²) in [6.07, 6.45) is 4.81.